The van der Waals surface area contributed by atoms with Crippen LogP contribution in [0.3, 0.4) is 0 Å². The summed E-state index contributed by atoms with van der Waals surface area (Å²) in [6, 6.07) is 28.4. The number of aryl methyl sites for hydroxylation is 2. The van der Waals surface area contributed by atoms with Gasteiger partial charge in [0.2, 0.25) is 0 Å². The van der Waals surface area contributed by atoms with Gasteiger partial charge in [-0.15, -0.1) is 0 Å². The van der Waals surface area contributed by atoms with E-state index in [0.717, 1.165) is 0 Å². The van der Waals surface area contributed by atoms with Crippen molar-refractivity contribution in [1.82, 2.24) is 0 Å². The Kier molecular flexibility index (Phi) is 5.71. The van der Waals surface area contributed by atoms with Crippen LogP contribution >= 0.6 is 0 Å². The minimum Gasteiger partial charge on any atom is -0.469 e. The molecule has 0 amide bonds. The van der Waals surface area contributed by atoms with Crippen LogP contribution in [-0.4, -0.2) is 5.97 Å². The summed E-state index contributed by atoms with van der Waals surface area (Å²) < 4.78 is 9.78. The summed E-state index contributed by atoms with van der Waals surface area (Å²) in [5.41, 5.74) is 3.70. The van der Waals surface area contributed by atoms with Crippen LogP contribution in [0.5, 0.6) is 5.75 Å². The van der Waals surface area contributed by atoms with E-state index < -0.39 is 0 Å². The van der Waals surface area contributed by atoms with Gasteiger partial charge in [-0.25, -0.2) is 4.79 Å². The molecule has 0 spiro atoms. The van der Waals surface area contributed by atoms with Crippen molar-refractivity contribution >= 4 is 27.5 Å². The zero-order chi connectivity index (χ0) is 21.8. The van der Waals surface area contributed by atoms with Gasteiger partial charge in [-0.1, -0.05) is 66.7 Å². The molecule has 3 nitrogen and oxygen atoms in total. The Labute approximate surface area is 187 Å². The number of carbonyl (C=O) groups is 1. The number of furan rings is 1. The lowest BCUT2D eigenvalue weighted by Gasteiger charge is -2.18. The average Bonchev–Trinajstić information content (AvgIpc) is 3.37. The van der Waals surface area contributed by atoms with Gasteiger partial charge in [-0.3, -0.25) is 0 Å². The van der Waals surface area contributed by atoms with Crippen molar-refractivity contribution in [3.05, 3.63) is 114 Å². The van der Waals surface area contributed by atoms with Crippen LogP contribution in [0.25, 0.3) is 21.5 Å². The number of benzene rings is 4. The van der Waals surface area contributed by atoms with Crippen molar-refractivity contribution in [3.63, 3.8) is 0 Å². The molecular weight excluding hydrogens is 396 g/mol. The predicted molar refractivity (Wildman–Crippen MR) is 128 cm³/mol. The second-order valence-electron chi connectivity index (χ2n) is 8.01. The van der Waals surface area contributed by atoms with Gasteiger partial charge in [-0.2, -0.15) is 0 Å². The van der Waals surface area contributed by atoms with Crippen molar-refractivity contribution in [2.75, 3.05) is 0 Å². The van der Waals surface area contributed by atoms with Gasteiger partial charge in [-0.05, 0) is 70.5 Å². The SMILES string of the molecule is O=C(Oc1ccoc1)c1ccccc1.c1ccc2c(c1)ccc1c3c(ccc12)CCCC3. The minimum atomic E-state index is -0.382. The lowest BCUT2D eigenvalue weighted by atomic mass is 9.86. The fourth-order valence-corrected chi connectivity index (χ4v) is 4.39. The number of ether oxygens (including phenoxy) is 1. The second kappa shape index (κ2) is 9.11. The van der Waals surface area contributed by atoms with Crippen LogP contribution in [0.15, 0.2) is 102 Å². The fraction of sp³-hybridized carbons (Fsp3) is 0.138. The van der Waals surface area contributed by atoms with E-state index in [9.17, 15) is 4.79 Å². The van der Waals surface area contributed by atoms with Gasteiger partial charge in [0, 0.05) is 6.07 Å². The van der Waals surface area contributed by atoms with Crippen molar-refractivity contribution in [2.24, 2.45) is 0 Å². The first-order chi connectivity index (χ1) is 15.8. The summed E-state index contributed by atoms with van der Waals surface area (Å²) in [5, 5.41) is 5.64. The van der Waals surface area contributed by atoms with E-state index in [-0.39, 0.29) is 5.97 Å². The van der Waals surface area contributed by atoms with Crippen LogP contribution in [-0.2, 0) is 12.8 Å². The third-order valence-corrected chi connectivity index (χ3v) is 5.97. The first-order valence-electron chi connectivity index (χ1n) is 11.0. The van der Waals surface area contributed by atoms with Gasteiger partial charge < -0.3 is 9.15 Å². The number of hydrogen-bond donors (Lipinski definition) is 0. The highest BCUT2D eigenvalue weighted by molar-refractivity contribution is 6.08. The Bertz CT molecular complexity index is 1350. The third-order valence-electron chi connectivity index (χ3n) is 5.97. The van der Waals surface area contributed by atoms with E-state index in [1.807, 2.05) is 6.07 Å². The smallest absolute Gasteiger partial charge is 0.343 e. The summed E-state index contributed by atoms with van der Waals surface area (Å²) in [6.45, 7) is 0. The molecule has 0 unspecified atom stereocenters. The van der Waals surface area contributed by atoms with E-state index >= 15 is 0 Å². The highest BCUT2D eigenvalue weighted by atomic mass is 16.5. The van der Waals surface area contributed by atoms with Crippen LogP contribution < -0.4 is 4.74 Å². The van der Waals surface area contributed by atoms with Crippen LogP contribution in [0.2, 0.25) is 0 Å². The fourth-order valence-electron chi connectivity index (χ4n) is 4.39. The normalized spacial score (nSPS) is 12.6. The van der Waals surface area contributed by atoms with Crippen molar-refractivity contribution in [1.29, 1.82) is 0 Å². The molecule has 0 radical (unpaired) electrons. The number of esters is 1. The molecule has 5 aromatic rings. The average molecular weight is 421 g/mol. The van der Waals surface area contributed by atoms with Crippen LogP contribution in [0.1, 0.15) is 34.3 Å². The van der Waals surface area contributed by atoms with Gasteiger partial charge in [0.15, 0.2) is 5.75 Å². The maximum atomic E-state index is 11.4. The Morgan fingerprint density at radius 3 is 2.34 bits per heavy atom. The molecule has 0 N–H and O–H groups in total. The molecule has 158 valence electrons. The molecule has 4 aromatic carbocycles. The van der Waals surface area contributed by atoms with Crippen molar-refractivity contribution in [3.8, 4) is 5.75 Å². The largest absolute Gasteiger partial charge is 0.469 e. The molecule has 1 heterocycles. The molecule has 0 aliphatic heterocycles. The summed E-state index contributed by atoms with van der Waals surface area (Å²) in [6.07, 6.45) is 8.04. The van der Waals surface area contributed by atoms with Gasteiger partial charge in [0.05, 0.1) is 11.8 Å². The first-order valence-corrected chi connectivity index (χ1v) is 11.0. The summed E-state index contributed by atoms with van der Waals surface area (Å²) in [4.78, 5) is 11.4. The summed E-state index contributed by atoms with van der Waals surface area (Å²) >= 11 is 0. The number of rotatable bonds is 2. The van der Waals surface area contributed by atoms with E-state index in [1.165, 1.54) is 59.8 Å². The Hall–Kier alpha value is -3.85. The van der Waals surface area contributed by atoms with Crippen molar-refractivity contribution < 1.29 is 13.9 Å². The maximum Gasteiger partial charge on any atom is 0.343 e. The van der Waals surface area contributed by atoms with E-state index in [2.05, 4.69) is 48.5 Å². The summed E-state index contributed by atoms with van der Waals surface area (Å²) in [7, 11) is 0. The molecule has 1 aliphatic rings. The molecule has 3 heteroatoms. The Morgan fingerprint density at radius 2 is 1.50 bits per heavy atom. The third kappa shape index (κ3) is 4.15. The minimum absolute atomic E-state index is 0.382. The number of hydrogen-bond acceptors (Lipinski definition) is 3. The first kappa shape index (κ1) is 20.1. The molecule has 1 aliphatic carbocycles. The molecule has 0 bridgehead atoms. The topological polar surface area (TPSA) is 39.4 Å². The number of carbonyl (C=O) groups excluding carboxylic acids is 1. The van der Waals surface area contributed by atoms with Gasteiger partial charge >= 0.3 is 5.97 Å². The Balaban J connectivity index is 0.000000140. The molecule has 0 saturated heterocycles. The molecule has 0 atom stereocenters. The monoisotopic (exact) mass is 420 g/mol. The molecule has 32 heavy (non-hydrogen) atoms. The molecule has 0 saturated carbocycles. The molecular formula is C29H24O3. The lowest BCUT2D eigenvalue weighted by molar-refractivity contribution is 0.0733. The predicted octanol–water partition coefficient (Wildman–Crippen LogP) is 7.37. The van der Waals surface area contributed by atoms with Crippen LogP contribution in [0, 0.1) is 0 Å². The van der Waals surface area contributed by atoms with Crippen molar-refractivity contribution in [2.45, 2.75) is 25.7 Å². The van der Waals surface area contributed by atoms with E-state index in [0.29, 0.717) is 11.3 Å². The van der Waals surface area contributed by atoms with Gasteiger partial charge in [0.25, 0.3) is 0 Å². The standard InChI is InChI=1S/C18H16.C11H8O3/c1-3-7-15-13(5-1)9-11-18-16-8-4-2-6-14(16)10-12-17(15)18;12-11(9-4-2-1-3-5-9)14-10-6-7-13-8-10/h1,3,5,7,9-12H,2,4,6,8H2;1-8H. The molecule has 1 aromatic heterocycles. The second-order valence-corrected chi connectivity index (χ2v) is 8.01. The maximum absolute atomic E-state index is 11.4. The van der Waals surface area contributed by atoms with E-state index in [1.54, 1.807) is 41.5 Å². The lowest BCUT2D eigenvalue weighted by Crippen LogP contribution is -2.07. The molecule has 0 fully saturated rings. The van der Waals surface area contributed by atoms with Gasteiger partial charge in [0.1, 0.15) is 6.26 Å². The van der Waals surface area contributed by atoms with E-state index in [4.69, 9.17) is 9.15 Å². The summed E-state index contributed by atoms with van der Waals surface area (Å²) in [5.74, 6) is 0.0332. The zero-order valence-corrected chi connectivity index (χ0v) is 17.8. The number of fused-ring (bicyclic) bond motifs is 5. The Morgan fingerprint density at radius 1 is 0.719 bits per heavy atom. The highest BCUT2D eigenvalue weighted by Crippen LogP contribution is 2.33. The zero-order valence-electron chi connectivity index (χ0n) is 17.8. The highest BCUT2D eigenvalue weighted by Gasteiger charge is 2.13. The molecule has 6 rings (SSSR count). The van der Waals surface area contributed by atoms with Crippen LogP contribution in [0.4, 0.5) is 0 Å². The quantitative estimate of drug-likeness (QED) is 0.221.